The number of carbonyl (C=O) groups excluding carboxylic acids is 1. The van der Waals surface area contributed by atoms with Crippen LogP contribution in [0.2, 0.25) is 0 Å². The predicted molar refractivity (Wildman–Crippen MR) is 207 cm³/mol. The van der Waals surface area contributed by atoms with Crippen LogP contribution >= 0.6 is 0 Å². The lowest BCUT2D eigenvalue weighted by molar-refractivity contribution is -0.134. The molecule has 0 aromatic heterocycles. The standard InChI is InChI=1S/C38H31N9O6S/c1-22-19-32(36(40)37(35(22)39)47-45-29-15-17-31(34(21-29)54(51,52)53)41-25-5-3-2-4-6-25)46-43-27-13-9-24(10-14-27)23-7-11-26(12-8-23)42-44-28-16-18-33(48)30(20-28)38(49)50/h2-21,41-42H,39-40H2,1H3,(H,49,50)(H,51,52,53). The first-order valence-electron chi connectivity index (χ1n) is 16.0. The lowest BCUT2D eigenvalue weighted by atomic mass is 10.0. The largest absolute Gasteiger partial charge is 0.478 e. The second-order valence-electron chi connectivity index (χ2n) is 11.8. The first kappa shape index (κ1) is 36.5. The average Bonchev–Trinajstić information content (AvgIpc) is 3.16. The molecule has 270 valence electrons. The summed E-state index contributed by atoms with van der Waals surface area (Å²) < 4.78 is 34.3. The minimum atomic E-state index is -4.63. The van der Waals surface area contributed by atoms with E-state index in [4.69, 9.17) is 16.6 Å². The molecule has 0 heterocycles. The smallest absolute Gasteiger partial charge is 0.339 e. The van der Waals surface area contributed by atoms with Gasteiger partial charge in [-0.3, -0.25) is 14.8 Å². The molecular formula is C38H31N9O6S. The Hall–Kier alpha value is -7.30. The topological polar surface area (TPSA) is 247 Å². The highest BCUT2D eigenvalue weighted by Gasteiger charge is 2.19. The predicted octanol–water partition coefficient (Wildman–Crippen LogP) is 8.57. The molecule has 0 bridgehead atoms. The number of allylic oxidation sites excluding steroid dienone is 3. The van der Waals surface area contributed by atoms with Crippen LogP contribution in [0.25, 0.3) is 11.1 Å². The third-order valence-corrected chi connectivity index (χ3v) is 8.89. The van der Waals surface area contributed by atoms with Gasteiger partial charge in [-0.2, -0.15) is 23.7 Å². The molecule has 0 unspecified atom stereocenters. The van der Waals surface area contributed by atoms with Crippen molar-refractivity contribution >= 4 is 78.8 Å². The van der Waals surface area contributed by atoms with Gasteiger partial charge in [0.05, 0.1) is 39.8 Å². The Labute approximate surface area is 308 Å². The summed E-state index contributed by atoms with van der Waals surface area (Å²) in [6.45, 7) is 1.75. The van der Waals surface area contributed by atoms with Gasteiger partial charge in [0.2, 0.25) is 0 Å². The molecule has 1 aliphatic carbocycles. The summed E-state index contributed by atoms with van der Waals surface area (Å²) in [4.78, 5) is 22.5. The molecule has 0 fully saturated rings. The van der Waals surface area contributed by atoms with Crippen LogP contribution in [0.5, 0.6) is 0 Å². The molecule has 0 saturated heterocycles. The molecule has 1 aliphatic rings. The Kier molecular flexibility index (Phi) is 10.5. The fourth-order valence-electron chi connectivity index (χ4n) is 5.13. The first-order chi connectivity index (χ1) is 25.9. The molecule has 15 nitrogen and oxygen atoms in total. The zero-order valence-electron chi connectivity index (χ0n) is 28.4. The monoisotopic (exact) mass is 741 g/mol. The number of aliphatic carboxylic acids is 1. The maximum atomic E-state index is 12.2. The number of hydrogen-bond donors (Lipinski definition) is 6. The van der Waals surface area contributed by atoms with Crippen molar-refractivity contribution in [3.05, 3.63) is 132 Å². The molecule has 0 amide bonds. The van der Waals surface area contributed by atoms with Crippen LogP contribution in [0.1, 0.15) is 5.56 Å². The summed E-state index contributed by atoms with van der Waals surface area (Å²) in [5.41, 5.74) is 20.8. The van der Waals surface area contributed by atoms with Gasteiger partial charge in [-0.15, -0.1) is 10.2 Å². The Morgan fingerprint density at radius 1 is 0.741 bits per heavy atom. The number of hydrazone groups is 1. The van der Waals surface area contributed by atoms with Gasteiger partial charge >= 0.3 is 5.97 Å². The summed E-state index contributed by atoms with van der Waals surface area (Å²) >= 11 is 0. The molecule has 0 radical (unpaired) electrons. The van der Waals surface area contributed by atoms with E-state index in [1.165, 1.54) is 30.4 Å². The molecule has 5 aromatic rings. The number of ketones is 1. The van der Waals surface area contributed by atoms with E-state index in [0.29, 0.717) is 28.3 Å². The van der Waals surface area contributed by atoms with Crippen LogP contribution in [0.4, 0.5) is 51.2 Å². The SMILES string of the molecule is Cc1cc(N=Nc2ccc(-c3ccc(NN=C4C=CC(=O)C(C(=O)O)=C4)cc3)cc2)c(N)c(N=Nc2ccc(Nc3ccccc3)c(S(=O)(=O)O)c2)c1N. The number of carbonyl (C=O) groups is 2. The van der Waals surface area contributed by atoms with Gasteiger partial charge in [0.1, 0.15) is 21.8 Å². The highest BCUT2D eigenvalue weighted by molar-refractivity contribution is 7.86. The Morgan fingerprint density at radius 2 is 1.39 bits per heavy atom. The van der Waals surface area contributed by atoms with E-state index in [2.05, 4.69) is 36.3 Å². The average molecular weight is 742 g/mol. The van der Waals surface area contributed by atoms with Gasteiger partial charge in [-0.05, 0) is 103 Å². The number of nitrogens with two attached hydrogens (primary N) is 2. The highest BCUT2D eigenvalue weighted by Crippen LogP contribution is 2.41. The summed E-state index contributed by atoms with van der Waals surface area (Å²) in [5, 5.41) is 33.3. The van der Waals surface area contributed by atoms with E-state index >= 15 is 0 Å². The molecule has 16 heteroatoms. The lowest BCUT2D eigenvalue weighted by Crippen LogP contribution is -2.15. The summed E-state index contributed by atoms with van der Waals surface area (Å²) in [7, 11) is -4.63. The Bertz CT molecular complexity index is 2530. The number of nitrogens with zero attached hydrogens (tertiary/aromatic N) is 5. The van der Waals surface area contributed by atoms with Crippen LogP contribution in [0.15, 0.2) is 157 Å². The number of hydrogen-bond acceptors (Lipinski definition) is 13. The van der Waals surface area contributed by atoms with Crippen molar-refractivity contribution in [1.29, 1.82) is 0 Å². The molecular weight excluding hydrogens is 711 g/mol. The van der Waals surface area contributed by atoms with Crippen LogP contribution in [-0.4, -0.2) is 35.5 Å². The van der Waals surface area contributed by atoms with E-state index in [0.717, 1.165) is 17.2 Å². The van der Waals surface area contributed by atoms with Crippen LogP contribution < -0.4 is 22.2 Å². The van der Waals surface area contributed by atoms with Crippen molar-refractivity contribution in [1.82, 2.24) is 0 Å². The van der Waals surface area contributed by atoms with Gasteiger partial charge in [0, 0.05) is 5.69 Å². The van der Waals surface area contributed by atoms with E-state index in [1.54, 1.807) is 61.5 Å². The minimum Gasteiger partial charge on any atom is -0.478 e. The summed E-state index contributed by atoms with van der Waals surface area (Å²) in [6.07, 6.45) is 3.80. The molecule has 0 aliphatic heterocycles. The number of benzene rings is 5. The molecule has 6 rings (SSSR count). The molecule has 8 N–H and O–H groups in total. The van der Waals surface area contributed by atoms with Crippen molar-refractivity contribution in [3.8, 4) is 11.1 Å². The van der Waals surface area contributed by atoms with Crippen molar-refractivity contribution in [2.75, 3.05) is 22.2 Å². The first-order valence-corrected chi connectivity index (χ1v) is 17.5. The van der Waals surface area contributed by atoms with Crippen molar-refractivity contribution < 1.29 is 27.7 Å². The number of carboxylic acid groups (broad SMARTS) is 1. The maximum absolute atomic E-state index is 12.2. The summed E-state index contributed by atoms with van der Waals surface area (Å²) in [6, 6.07) is 29.4. The molecule has 0 atom stereocenters. The van der Waals surface area contributed by atoms with Crippen molar-refractivity contribution in [2.45, 2.75) is 11.8 Å². The molecule has 5 aromatic carbocycles. The number of anilines is 5. The van der Waals surface area contributed by atoms with E-state index in [9.17, 15) is 22.6 Å². The van der Waals surface area contributed by atoms with Crippen molar-refractivity contribution in [3.63, 3.8) is 0 Å². The number of aryl methyl sites for hydroxylation is 1. The quantitative estimate of drug-likeness (QED) is 0.0188. The molecule has 0 spiro atoms. The Morgan fingerprint density at radius 3 is 2.06 bits per heavy atom. The lowest BCUT2D eigenvalue weighted by Gasteiger charge is -2.11. The van der Waals surface area contributed by atoms with Gasteiger partial charge in [0.25, 0.3) is 10.1 Å². The van der Waals surface area contributed by atoms with Crippen LogP contribution in [-0.2, 0) is 19.7 Å². The number of para-hydroxylation sites is 1. The zero-order chi connectivity index (χ0) is 38.4. The molecule has 0 saturated carbocycles. The van der Waals surface area contributed by atoms with Crippen LogP contribution in [0.3, 0.4) is 0 Å². The second-order valence-corrected chi connectivity index (χ2v) is 13.2. The normalized spacial score (nSPS) is 13.8. The second kappa shape index (κ2) is 15.5. The van der Waals surface area contributed by atoms with E-state index in [1.807, 2.05) is 30.3 Å². The maximum Gasteiger partial charge on any atom is 0.339 e. The number of carboxylic acids is 1. The van der Waals surface area contributed by atoms with E-state index < -0.39 is 26.8 Å². The third-order valence-electron chi connectivity index (χ3n) is 7.99. The fraction of sp³-hybridized carbons (Fsp3) is 0.0263. The Balaban J connectivity index is 1.16. The van der Waals surface area contributed by atoms with Crippen LogP contribution in [0, 0.1) is 6.92 Å². The van der Waals surface area contributed by atoms with Gasteiger partial charge in [-0.1, -0.05) is 42.5 Å². The summed E-state index contributed by atoms with van der Waals surface area (Å²) in [5.74, 6) is -1.90. The minimum absolute atomic E-state index is 0.102. The number of nitrogens with one attached hydrogen (secondary N) is 2. The number of rotatable bonds is 11. The van der Waals surface area contributed by atoms with Gasteiger partial charge < -0.3 is 21.9 Å². The molecule has 54 heavy (non-hydrogen) atoms. The number of nitrogen functional groups attached to an aromatic ring is 2. The zero-order valence-corrected chi connectivity index (χ0v) is 29.2. The third kappa shape index (κ3) is 8.59. The van der Waals surface area contributed by atoms with Gasteiger partial charge in [0.15, 0.2) is 5.78 Å². The van der Waals surface area contributed by atoms with Gasteiger partial charge in [-0.25, -0.2) is 4.79 Å². The fourth-order valence-corrected chi connectivity index (χ4v) is 5.80. The highest BCUT2D eigenvalue weighted by atomic mass is 32.2. The number of azo groups is 2. The van der Waals surface area contributed by atoms with Crippen molar-refractivity contribution in [2.24, 2.45) is 25.6 Å². The van der Waals surface area contributed by atoms with E-state index in [-0.39, 0.29) is 39.7 Å².